The molecule has 0 aromatic heterocycles. The molecule has 0 aromatic carbocycles. The zero-order chi connectivity index (χ0) is 9.90. The number of hydrogen-bond donors (Lipinski definition) is 1. The first-order valence-corrected chi connectivity index (χ1v) is 6.62. The summed E-state index contributed by atoms with van der Waals surface area (Å²) in [5, 5.41) is 8.54. The van der Waals surface area contributed by atoms with Crippen LogP contribution in [0.5, 0.6) is 0 Å². The maximum absolute atomic E-state index is 11.6. The zero-order valence-electron chi connectivity index (χ0n) is 8.07. The van der Waals surface area contributed by atoms with Crippen molar-refractivity contribution in [1.29, 1.82) is 0 Å². The highest BCUT2D eigenvalue weighted by molar-refractivity contribution is 7.92. The summed E-state index contributed by atoms with van der Waals surface area (Å²) in [5.41, 5.74) is 0. The molecule has 0 spiro atoms. The van der Waals surface area contributed by atoms with Crippen LogP contribution in [-0.2, 0) is 9.84 Å². The Hall–Kier alpha value is -0.0900. The molecule has 0 radical (unpaired) electrons. The molecule has 2 unspecified atom stereocenters. The normalized spacial score (nSPS) is 29.8. The highest BCUT2D eigenvalue weighted by atomic mass is 32.2. The summed E-state index contributed by atoms with van der Waals surface area (Å²) in [7, 11) is -2.86. The van der Waals surface area contributed by atoms with Gasteiger partial charge in [0, 0.05) is 6.61 Å². The second kappa shape index (κ2) is 4.42. The molecule has 78 valence electrons. The monoisotopic (exact) mass is 206 g/mol. The molecule has 1 heterocycles. The number of rotatable bonds is 3. The van der Waals surface area contributed by atoms with E-state index in [2.05, 4.69) is 0 Å². The molecule has 13 heavy (non-hydrogen) atoms. The van der Waals surface area contributed by atoms with E-state index in [9.17, 15) is 8.42 Å². The summed E-state index contributed by atoms with van der Waals surface area (Å²) in [5.74, 6) is 0.447. The van der Waals surface area contributed by atoms with Crippen molar-refractivity contribution in [3.8, 4) is 0 Å². The number of aliphatic hydroxyl groups is 1. The van der Waals surface area contributed by atoms with Crippen molar-refractivity contribution in [3.63, 3.8) is 0 Å². The smallest absolute Gasteiger partial charge is 0.153 e. The quantitative estimate of drug-likeness (QED) is 0.748. The summed E-state index contributed by atoms with van der Waals surface area (Å²) in [6.07, 6.45) is 3.21. The van der Waals surface area contributed by atoms with Crippen molar-refractivity contribution in [2.45, 2.75) is 37.9 Å². The molecule has 1 aliphatic heterocycles. The van der Waals surface area contributed by atoms with E-state index in [0.717, 1.165) is 19.3 Å². The van der Waals surface area contributed by atoms with Gasteiger partial charge in [0.15, 0.2) is 9.84 Å². The van der Waals surface area contributed by atoms with Crippen molar-refractivity contribution >= 4 is 9.84 Å². The maximum atomic E-state index is 11.6. The van der Waals surface area contributed by atoms with Gasteiger partial charge in [-0.1, -0.05) is 13.3 Å². The van der Waals surface area contributed by atoms with Crippen LogP contribution in [0.25, 0.3) is 0 Å². The maximum Gasteiger partial charge on any atom is 0.153 e. The molecule has 0 amide bonds. The van der Waals surface area contributed by atoms with Crippen LogP contribution in [0.2, 0.25) is 0 Å². The van der Waals surface area contributed by atoms with Crippen molar-refractivity contribution in [2.24, 2.45) is 5.92 Å². The van der Waals surface area contributed by atoms with E-state index in [-0.39, 0.29) is 17.8 Å². The lowest BCUT2D eigenvalue weighted by atomic mass is 9.99. The van der Waals surface area contributed by atoms with Gasteiger partial charge in [0.2, 0.25) is 0 Å². The standard InChI is InChI=1S/C9H18O3S/c1-8(5-6-10)9-4-2-3-7-13(9,11)12/h8-10H,2-7H2,1H3. The lowest BCUT2D eigenvalue weighted by molar-refractivity contribution is 0.256. The minimum absolute atomic E-state index is 0.0905. The van der Waals surface area contributed by atoms with E-state index in [1.165, 1.54) is 0 Å². The van der Waals surface area contributed by atoms with Crippen LogP contribution in [0.15, 0.2) is 0 Å². The Morgan fingerprint density at radius 1 is 1.46 bits per heavy atom. The molecule has 1 fully saturated rings. The highest BCUT2D eigenvalue weighted by Gasteiger charge is 2.32. The molecule has 1 N–H and O–H groups in total. The first-order chi connectivity index (χ1) is 6.08. The van der Waals surface area contributed by atoms with E-state index in [0.29, 0.717) is 12.2 Å². The molecular formula is C9H18O3S. The van der Waals surface area contributed by atoms with Crippen molar-refractivity contribution in [2.75, 3.05) is 12.4 Å². The third-order valence-corrected chi connectivity index (χ3v) is 5.33. The highest BCUT2D eigenvalue weighted by Crippen LogP contribution is 2.27. The summed E-state index contributed by atoms with van der Waals surface area (Å²) < 4.78 is 23.2. The Morgan fingerprint density at radius 3 is 2.69 bits per heavy atom. The third-order valence-electron chi connectivity index (χ3n) is 2.85. The summed E-state index contributed by atoms with van der Waals surface area (Å²) in [6, 6.07) is 0. The topological polar surface area (TPSA) is 54.4 Å². The van der Waals surface area contributed by atoms with Gasteiger partial charge in [0.25, 0.3) is 0 Å². The van der Waals surface area contributed by atoms with Crippen LogP contribution in [0.3, 0.4) is 0 Å². The molecule has 0 aromatic rings. The Balaban J connectivity index is 2.65. The Labute approximate surface area is 80.1 Å². The van der Waals surface area contributed by atoms with Gasteiger partial charge in [0.05, 0.1) is 11.0 Å². The Bertz CT molecular complexity index is 246. The number of sulfone groups is 1. The predicted octanol–water partition coefficient (Wildman–Crippen LogP) is 0.972. The fourth-order valence-electron chi connectivity index (χ4n) is 2.01. The van der Waals surface area contributed by atoms with Gasteiger partial charge in [-0.2, -0.15) is 0 Å². The first-order valence-electron chi connectivity index (χ1n) is 4.90. The first kappa shape index (κ1) is 11.0. The van der Waals surface area contributed by atoms with Crippen molar-refractivity contribution in [1.82, 2.24) is 0 Å². The van der Waals surface area contributed by atoms with Gasteiger partial charge in [-0.25, -0.2) is 8.42 Å². The molecular weight excluding hydrogens is 188 g/mol. The van der Waals surface area contributed by atoms with Crippen LogP contribution in [0, 0.1) is 5.92 Å². The average Bonchev–Trinajstić information content (AvgIpc) is 2.03. The van der Waals surface area contributed by atoms with Crippen LogP contribution in [-0.4, -0.2) is 31.1 Å². The van der Waals surface area contributed by atoms with Crippen LogP contribution >= 0.6 is 0 Å². The number of hydrogen-bond acceptors (Lipinski definition) is 3. The molecule has 0 aliphatic carbocycles. The van der Waals surface area contributed by atoms with Crippen LogP contribution in [0.4, 0.5) is 0 Å². The van der Waals surface area contributed by atoms with E-state index in [4.69, 9.17) is 5.11 Å². The molecule has 1 saturated heterocycles. The predicted molar refractivity (Wildman–Crippen MR) is 52.3 cm³/mol. The SMILES string of the molecule is CC(CCO)C1CCCCS1(=O)=O. The molecule has 4 heteroatoms. The number of aliphatic hydroxyl groups excluding tert-OH is 1. The Morgan fingerprint density at radius 2 is 2.15 bits per heavy atom. The van der Waals surface area contributed by atoms with E-state index < -0.39 is 9.84 Å². The van der Waals surface area contributed by atoms with E-state index in [1.54, 1.807) is 0 Å². The second-order valence-electron chi connectivity index (χ2n) is 3.89. The fraction of sp³-hybridized carbons (Fsp3) is 1.00. The fourth-order valence-corrected chi connectivity index (χ4v) is 4.29. The van der Waals surface area contributed by atoms with Gasteiger partial charge >= 0.3 is 0 Å². The molecule has 0 saturated carbocycles. The second-order valence-corrected chi connectivity index (χ2v) is 6.23. The van der Waals surface area contributed by atoms with Gasteiger partial charge < -0.3 is 5.11 Å². The molecule has 3 nitrogen and oxygen atoms in total. The molecule has 0 bridgehead atoms. The van der Waals surface area contributed by atoms with Crippen LogP contribution in [0.1, 0.15) is 32.6 Å². The Kier molecular flexibility index (Phi) is 3.74. The van der Waals surface area contributed by atoms with Gasteiger partial charge in [-0.15, -0.1) is 0 Å². The summed E-state index contributed by atoms with van der Waals surface area (Å²) in [6.45, 7) is 2.01. The summed E-state index contributed by atoms with van der Waals surface area (Å²) >= 11 is 0. The van der Waals surface area contributed by atoms with E-state index >= 15 is 0 Å². The third kappa shape index (κ3) is 2.68. The average molecular weight is 206 g/mol. The van der Waals surface area contributed by atoms with Crippen molar-refractivity contribution < 1.29 is 13.5 Å². The van der Waals surface area contributed by atoms with Gasteiger partial charge in [0.1, 0.15) is 0 Å². The molecule has 1 aliphatic rings. The lowest BCUT2D eigenvalue weighted by Crippen LogP contribution is -2.34. The lowest BCUT2D eigenvalue weighted by Gasteiger charge is -2.27. The van der Waals surface area contributed by atoms with Crippen LogP contribution < -0.4 is 0 Å². The molecule has 2 atom stereocenters. The van der Waals surface area contributed by atoms with Crippen molar-refractivity contribution in [3.05, 3.63) is 0 Å². The minimum atomic E-state index is -2.86. The summed E-state index contributed by atoms with van der Waals surface area (Å²) in [4.78, 5) is 0. The molecule has 1 rings (SSSR count). The van der Waals surface area contributed by atoms with Gasteiger partial charge in [-0.05, 0) is 25.2 Å². The minimum Gasteiger partial charge on any atom is -0.396 e. The van der Waals surface area contributed by atoms with E-state index in [1.807, 2.05) is 6.92 Å². The van der Waals surface area contributed by atoms with Gasteiger partial charge in [-0.3, -0.25) is 0 Å². The zero-order valence-corrected chi connectivity index (χ0v) is 8.89. The largest absolute Gasteiger partial charge is 0.396 e.